The molecule has 2 unspecified atom stereocenters. The summed E-state index contributed by atoms with van der Waals surface area (Å²) in [6.07, 6.45) is 2.36. The molecule has 0 N–H and O–H groups in total. The van der Waals surface area contributed by atoms with Crippen molar-refractivity contribution in [3.05, 3.63) is 86.9 Å². The summed E-state index contributed by atoms with van der Waals surface area (Å²) in [7, 11) is 2.61. The Kier molecular flexibility index (Phi) is 5.74. The van der Waals surface area contributed by atoms with Gasteiger partial charge in [0.2, 0.25) is 5.36 Å². The molecule has 204 valence electrons. The molecule has 39 heavy (non-hydrogen) atoms. The Morgan fingerprint density at radius 3 is 2.21 bits per heavy atom. The Balaban J connectivity index is 1.80. The van der Waals surface area contributed by atoms with Gasteiger partial charge < -0.3 is 4.90 Å². The van der Waals surface area contributed by atoms with Crippen molar-refractivity contribution in [3.8, 4) is 0 Å². The summed E-state index contributed by atoms with van der Waals surface area (Å²) in [4.78, 5) is 2.56. The first-order valence-electron chi connectivity index (χ1n) is 14.9. The van der Waals surface area contributed by atoms with Crippen LogP contribution in [0, 0.1) is 6.92 Å². The maximum absolute atomic E-state index is 2.62. The molecule has 3 aliphatic rings. The van der Waals surface area contributed by atoms with Crippen molar-refractivity contribution in [3.63, 3.8) is 0 Å². The van der Waals surface area contributed by atoms with Crippen molar-refractivity contribution < 1.29 is 0 Å². The fraction of sp³-hybridized carbons (Fsp3) is 0.472. The molecule has 3 aromatic rings. The smallest absolute Gasteiger partial charge is 0.203 e. The molecule has 3 heterocycles. The number of rotatable bonds is 1. The fourth-order valence-electron chi connectivity index (χ4n) is 8.11. The van der Waals surface area contributed by atoms with E-state index in [4.69, 9.17) is 0 Å². The Labute approximate surface area is 237 Å². The zero-order valence-electron chi connectivity index (χ0n) is 26.1. The minimum atomic E-state index is -2.01. The van der Waals surface area contributed by atoms with Crippen molar-refractivity contribution in [1.29, 1.82) is 0 Å². The third-order valence-electron chi connectivity index (χ3n) is 10.8. The highest BCUT2D eigenvalue weighted by atomic mass is 28.3. The zero-order chi connectivity index (χ0) is 28.2. The molecule has 0 bridgehead atoms. The van der Waals surface area contributed by atoms with Crippen LogP contribution >= 0.6 is 0 Å². The Bertz CT molecular complexity index is 1660. The Morgan fingerprint density at radius 1 is 0.846 bits per heavy atom. The number of aryl methyl sites for hydroxylation is 1. The lowest BCUT2D eigenvalue weighted by Gasteiger charge is -2.47. The normalized spacial score (nSPS) is 24.0. The monoisotopic (exact) mass is 535 g/mol. The molecule has 0 amide bonds. The minimum Gasteiger partial charge on any atom is -0.369 e. The van der Waals surface area contributed by atoms with Crippen LogP contribution in [0.5, 0.6) is 0 Å². The SMILES string of the molecule is Cc1ccccc1C1=c2cc3c(cc2[Si](C)(C)c2cc4c(cc21)C(C)CC(C)(C)N4C)=[N+](C)C(C)(C)CC3C. The molecule has 0 saturated carbocycles. The van der Waals surface area contributed by atoms with Gasteiger partial charge in [-0.3, -0.25) is 0 Å². The van der Waals surface area contributed by atoms with E-state index in [-0.39, 0.29) is 11.1 Å². The van der Waals surface area contributed by atoms with Crippen LogP contribution in [-0.4, -0.2) is 33.2 Å². The highest BCUT2D eigenvalue weighted by molar-refractivity contribution is 7.01. The highest BCUT2D eigenvalue weighted by Gasteiger charge is 2.42. The van der Waals surface area contributed by atoms with Crippen LogP contribution < -0.4 is 30.4 Å². The first kappa shape index (κ1) is 26.6. The van der Waals surface area contributed by atoms with Crippen LogP contribution in [0.4, 0.5) is 5.69 Å². The van der Waals surface area contributed by atoms with Crippen LogP contribution in [0.3, 0.4) is 0 Å². The average molecular weight is 536 g/mol. The number of fused-ring (bicyclic) bond motifs is 4. The maximum atomic E-state index is 2.62. The molecule has 0 fully saturated rings. The highest BCUT2D eigenvalue weighted by Crippen LogP contribution is 2.44. The van der Waals surface area contributed by atoms with E-state index >= 15 is 0 Å². The van der Waals surface area contributed by atoms with Gasteiger partial charge in [0.25, 0.3) is 0 Å². The molecule has 3 aliphatic heterocycles. The first-order valence-corrected chi connectivity index (χ1v) is 17.9. The summed E-state index contributed by atoms with van der Waals surface area (Å²) in [6.45, 7) is 21.9. The quantitative estimate of drug-likeness (QED) is 0.294. The molecule has 3 aromatic carbocycles. The maximum Gasteiger partial charge on any atom is 0.203 e. The first-order chi connectivity index (χ1) is 18.1. The largest absolute Gasteiger partial charge is 0.369 e. The molecule has 0 spiro atoms. The molecule has 2 atom stereocenters. The van der Waals surface area contributed by atoms with E-state index in [1.807, 2.05) is 0 Å². The fourth-order valence-corrected chi connectivity index (χ4v) is 11.1. The second-order valence-corrected chi connectivity index (χ2v) is 19.0. The third kappa shape index (κ3) is 3.75. The lowest BCUT2D eigenvalue weighted by molar-refractivity contribution is 0.294. The summed E-state index contributed by atoms with van der Waals surface area (Å²) >= 11 is 0. The minimum absolute atomic E-state index is 0.158. The molecule has 2 nitrogen and oxygen atoms in total. The summed E-state index contributed by atoms with van der Waals surface area (Å²) in [5.74, 6) is 1.08. The van der Waals surface area contributed by atoms with Crippen LogP contribution in [0.15, 0.2) is 48.5 Å². The second kappa shape index (κ2) is 8.43. The van der Waals surface area contributed by atoms with Crippen molar-refractivity contribution in [2.24, 2.45) is 0 Å². The van der Waals surface area contributed by atoms with Crippen LogP contribution in [0.2, 0.25) is 13.1 Å². The van der Waals surface area contributed by atoms with Gasteiger partial charge in [0.15, 0.2) is 5.54 Å². The van der Waals surface area contributed by atoms with Gasteiger partial charge in [-0.15, -0.1) is 0 Å². The van der Waals surface area contributed by atoms with Crippen molar-refractivity contribution in [2.75, 3.05) is 19.0 Å². The number of benzene rings is 3. The summed E-state index contributed by atoms with van der Waals surface area (Å²) < 4.78 is 2.56. The third-order valence-corrected chi connectivity index (χ3v) is 14.4. The number of hydrogen-bond acceptors (Lipinski definition) is 1. The van der Waals surface area contributed by atoms with E-state index in [0.29, 0.717) is 11.8 Å². The molecular weight excluding hydrogens is 488 g/mol. The Morgan fingerprint density at radius 2 is 1.51 bits per heavy atom. The van der Waals surface area contributed by atoms with E-state index in [0.717, 1.165) is 0 Å². The topological polar surface area (TPSA) is 6.25 Å². The molecule has 0 aliphatic carbocycles. The second-order valence-electron chi connectivity index (χ2n) is 14.7. The van der Waals surface area contributed by atoms with Crippen molar-refractivity contribution >= 4 is 29.7 Å². The van der Waals surface area contributed by atoms with Gasteiger partial charge in [0, 0.05) is 36.3 Å². The van der Waals surface area contributed by atoms with Gasteiger partial charge in [-0.25, -0.2) is 4.58 Å². The van der Waals surface area contributed by atoms with Crippen LogP contribution in [-0.2, 0) is 0 Å². The van der Waals surface area contributed by atoms with E-state index < -0.39 is 8.07 Å². The molecule has 6 rings (SSSR count). The van der Waals surface area contributed by atoms with Gasteiger partial charge in [-0.1, -0.05) is 51.2 Å². The molecule has 3 heteroatoms. The molecular formula is C36H47N2Si+. The molecule has 0 aromatic heterocycles. The average Bonchev–Trinajstić information content (AvgIpc) is 2.85. The molecule has 0 radical (unpaired) electrons. The van der Waals surface area contributed by atoms with Crippen molar-refractivity contribution in [1.82, 2.24) is 4.58 Å². The van der Waals surface area contributed by atoms with Gasteiger partial charge in [0.05, 0.1) is 0 Å². The van der Waals surface area contributed by atoms with Crippen LogP contribution in [0.25, 0.3) is 5.57 Å². The summed E-state index contributed by atoms with van der Waals surface area (Å²) in [5.41, 5.74) is 10.5. The Hall–Kier alpha value is -2.65. The van der Waals surface area contributed by atoms with E-state index in [1.165, 1.54) is 62.5 Å². The molecule has 0 saturated heterocycles. The lowest BCUT2D eigenvalue weighted by atomic mass is 9.78. The summed E-state index contributed by atoms with van der Waals surface area (Å²) in [5, 5.41) is 6.11. The standard InChI is InChI=1S/C36H47N2Si/c1-22-14-12-13-15-25(22)34-28-16-26-23(2)20-35(4,5)37(8)30(26)18-32(28)39(10,11)33-19-31-27(17-29(33)34)24(3)21-36(6,7)38(31)9/h12-19,23-24H,20-21H2,1-11H3/q+1. The van der Waals surface area contributed by atoms with Gasteiger partial charge in [-0.2, -0.15) is 0 Å². The lowest BCUT2D eigenvalue weighted by Crippen LogP contribution is -2.65. The predicted molar refractivity (Wildman–Crippen MR) is 171 cm³/mol. The predicted octanol–water partition coefficient (Wildman–Crippen LogP) is 5.51. The summed E-state index contributed by atoms with van der Waals surface area (Å²) in [6, 6.07) is 19.5. The number of anilines is 1. The van der Waals surface area contributed by atoms with Gasteiger partial charge >= 0.3 is 0 Å². The van der Waals surface area contributed by atoms with E-state index in [1.54, 1.807) is 10.4 Å². The van der Waals surface area contributed by atoms with Gasteiger partial charge in [-0.05, 0) is 114 Å². The number of hydrogen-bond donors (Lipinski definition) is 0. The van der Waals surface area contributed by atoms with Gasteiger partial charge in [0.1, 0.15) is 15.1 Å². The number of nitrogens with zero attached hydrogens (tertiary/aromatic N) is 2. The van der Waals surface area contributed by atoms with Crippen LogP contribution in [0.1, 0.15) is 94.0 Å². The zero-order valence-corrected chi connectivity index (χ0v) is 27.1. The van der Waals surface area contributed by atoms with E-state index in [2.05, 4.69) is 134 Å². The van der Waals surface area contributed by atoms with E-state index in [9.17, 15) is 0 Å². The van der Waals surface area contributed by atoms with Crippen molar-refractivity contribution in [2.45, 2.75) is 97.3 Å².